The van der Waals surface area contributed by atoms with Gasteiger partial charge in [0.05, 0.1) is 0 Å². The average Bonchev–Trinajstić information content (AvgIpc) is 2.01. The van der Waals surface area contributed by atoms with Gasteiger partial charge in [0.25, 0.3) is 0 Å². The Bertz CT molecular complexity index is 303. The van der Waals surface area contributed by atoms with Gasteiger partial charge in [-0.1, -0.05) is 6.07 Å². The van der Waals surface area contributed by atoms with Crippen molar-refractivity contribution in [3.05, 3.63) is 28.8 Å². The molecule has 12 heavy (non-hydrogen) atoms. The highest BCUT2D eigenvalue weighted by atomic mass is 16.3. The fourth-order valence-electron chi connectivity index (χ4n) is 1.17. The zero-order valence-corrected chi connectivity index (χ0v) is 7.29. The molecule has 0 radical (unpaired) electrons. The number of benzene rings is 1. The van der Waals surface area contributed by atoms with Gasteiger partial charge in [0.15, 0.2) is 0 Å². The monoisotopic (exact) mass is 164 g/mol. The van der Waals surface area contributed by atoms with Gasteiger partial charge in [0.1, 0.15) is 12.0 Å². The third-order valence-electron chi connectivity index (χ3n) is 1.96. The molecule has 0 heterocycles. The quantitative estimate of drug-likeness (QED) is 0.676. The molecular weight excluding hydrogens is 152 g/mol. The molecule has 2 nitrogen and oxygen atoms in total. The van der Waals surface area contributed by atoms with Crippen molar-refractivity contribution in [3.63, 3.8) is 0 Å². The summed E-state index contributed by atoms with van der Waals surface area (Å²) in [5, 5.41) is 9.30. The summed E-state index contributed by atoms with van der Waals surface area (Å²) in [6, 6.07) is 3.53. The van der Waals surface area contributed by atoms with Gasteiger partial charge in [-0.15, -0.1) is 0 Å². The zero-order chi connectivity index (χ0) is 9.14. The molecule has 0 aliphatic heterocycles. The second-order valence-electron chi connectivity index (χ2n) is 2.94. The number of carbonyl (C=O) groups is 1. The second-order valence-corrected chi connectivity index (χ2v) is 2.94. The van der Waals surface area contributed by atoms with Crippen molar-refractivity contribution >= 4 is 6.29 Å². The van der Waals surface area contributed by atoms with Crippen LogP contribution in [0.25, 0.3) is 0 Å². The minimum Gasteiger partial charge on any atom is -0.508 e. The summed E-state index contributed by atoms with van der Waals surface area (Å²) in [6.45, 7) is 3.71. The van der Waals surface area contributed by atoms with Gasteiger partial charge in [-0.3, -0.25) is 0 Å². The molecule has 1 N–H and O–H groups in total. The smallest absolute Gasteiger partial charge is 0.124 e. The van der Waals surface area contributed by atoms with Crippen LogP contribution in [0.15, 0.2) is 12.1 Å². The second kappa shape index (κ2) is 3.39. The average molecular weight is 164 g/mol. The molecule has 1 aromatic rings. The van der Waals surface area contributed by atoms with Crippen LogP contribution < -0.4 is 0 Å². The minimum absolute atomic E-state index is 0.294. The van der Waals surface area contributed by atoms with Crippen LogP contribution in [0.3, 0.4) is 0 Å². The first kappa shape index (κ1) is 8.78. The molecule has 0 bridgehead atoms. The van der Waals surface area contributed by atoms with E-state index in [0.717, 1.165) is 23.0 Å². The number of aldehydes is 1. The van der Waals surface area contributed by atoms with Crippen LogP contribution in [-0.2, 0) is 11.2 Å². The zero-order valence-electron chi connectivity index (χ0n) is 7.29. The Labute approximate surface area is 71.8 Å². The van der Waals surface area contributed by atoms with Gasteiger partial charge in [0.2, 0.25) is 0 Å². The fraction of sp³-hybridized carbons (Fsp3) is 0.300. The molecule has 1 rings (SSSR count). The minimum atomic E-state index is 0.294. The van der Waals surface area contributed by atoms with Crippen molar-refractivity contribution in [2.75, 3.05) is 0 Å². The third-order valence-corrected chi connectivity index (χ3v) is 1.96. The summed E-state index contributed by atoms with van der Waals surface area (Å²) in [5.41, 5.74) is 2.77. The Morgan fingerprint density at radius 1 is 1.33 bits per heavy atom. The van der Waals surface area contributed by atoms with Crippen LogP contribution >= 0.6 is 0 Å². The van der Waals surface area contributed by atoms with Gasteiger partial charge in [-0.05, 0) is 36.6 Å². The first-order valence-corrected chi connectivity index (χ1v) is 3.88. The Morgan fingerprint density at radius 3 is 2.58 bits per heavy atom. The molecule has 0 atom stereocenters. The number of carbonyl (C=O) groups excluding carboxylic acids is 1. The van der Waals surface area contributed by atoms with Gasteiger partial charge < -0.3 is 9.90 Å². The fourth-order valence-corrected chi connectivity index (χ4v) is 1.17. The molecular formula is C10H12O2. The van der Waals surface area contributed by atoms with Crippen molar-refractivity contribution in [1.82, 2.24) is 0 Å². The van der Waals surface area contributed by atoms with E-state index in [2.05, 4.69) is 0 Å². The van der Waals surface area contributed by atoms with Gasteiger partial charge in [-0.2, -0.15) is 0 Å². The van der Waals surface area contributed by atoms with Gasteiger partial charge in [-0.25, -0.2) is 0 Å². The molecule has 64 valence electrons. The first-order chi connectivity index (χ1) is 5.65. The third kappa shape index (κ3) is 1.64. The Hall–Kier alpha value is -1.31. The van der Waals surface area contributed by atoms with E-state index in [9.17, 15) is 9.90 Å². The Morgan fingerprint density at radius 2 is 2.00 bits per heavy atom. The lowest BCUT2D eigenvalue weighted by molar-refractivity contribution is -0.107. The van der Waals surface area contributed by atoms with Crippen LogP contribution in [0.4, 0.5) is 0 Å². The standard InChI is InChI=1S/C10H12O2/c1-7-6-10(12)8(2)5-9(7)3-4-11/h4-6,12H,3H2,1-2H3. The van der Waals surface area contributed by atoms with Crippen molar-refractivity contribution in [1.29, 1.82) is 0 Å². The summed E-state index contributed by atoms with van der Waals surface area (Å²) in [7, 11) is 0. The Balaban J connectivity index is 3.13. The molecule has 0 saturated heterocycles. The molecule has 0 unspecified atom stereocenters. The van der Waals surface area contributed by atoms with Crippen LogP contribution in [0, 0.1) is 13.8 Å². The van der Waals surface area contributed by atoms with E-state index in [1.54, 1.807) is 6.07 Å². The van der Waals surface area contributed by atoms with E-state index < -0.39 is 0 Å². The van der Waals surface area contributed by atoms with Gasteiger partial charge >= 0.3 is 0 Å². The maximum absolute atomic E-state index is 10.3. The van der Waals surface area contributed by atoms with Crippen molar-refractivity contribution in [3.8, 4) is 5.75 Å². The van der Waals surface area contributed by atoms with Crippen molar-refractivity contribution in [2.24, 2.45) is 0 Å². The van der Waals surface area contributed by atoms with E-state index in [4.69, 9.17) is 0 Å². The van der Waals surface area contributed by atoms with E-state index in [-0.39, 0.29) is 0 Å². The van der Waals surface area contributed by atoms with E-state index >= 15 is 0 Å². The largest absolute Gasteiger partial charge is 0.508 e. The number of aromatic hydroxyl groups is 1. The topological polar surface area (TPSA) is 37.3 Å². The molecule has 0 aliphatic carbocycles. The molecule has 0 saturated carbocycles. The highest BCUT2D eigenvalue weighted by molar-refractivity contribution is 5.57. The molecule has 0 aliphatic rings. The molecule has 0 amide bonds. The number of hydrogen-bond donors (Lipinski definition) is 1. The number of hydrogen-bond acceptors (Lipinski definition) is 2. The summed E-state index contributed by atoms with van der Waals surface area (Å²) in [6.07, 6.45) is 1.30. The molecule has 0 aromatic heterocycles. The number of phenols is 1. The van der Waals surface area contributed by atoms with Crippen LogP contribution in [0.5, 0.6) is 5.75 Å². The number of phenolic OH excluding ortho intramolecular Hbond substituents is 1. The van der Waals surface area contributed by atoms with Crippen molar-refractivity contribution < 1.29 is 9.90 Å². The number of aryl methyl sites for hydroxylation is 2. The molecule has 0 spiro atoms. The van der Waals surface area contributed by atoms with Crippen molar-refractivity contribution in [2.45, 2.75) is 20.3 Å². The lowest BCUT2D eigenvalue weighted by atomic mass is 10.0. The van der Waals surface area contributed by atoms with Crippen LogP contribution in [0.2, 0.25) is 0 Å². The predicted octanol–water partition coefficient (Wildman–Crippen LogP) is 1.75. The molecule has 2 heteroatoms. The summed E-state index contributed by atoms with van der Waals surface area (Å²) in [4.78, 5) is 10.3. The Kier molecular flexibility index (Phi) is 2.48. The van der Waals surface area contributed by atoms with E-state index in [1.807, 2.05) is 19.9 Å². The summed E-state index contributed by atoms with van der Waals surface area (Å²) < 4.78 is 0. The number of rotatable bonds is 2. The lowest BCUT2D eigenvalue weighted by Crippen LogP contribution is -1.91. The predicted molar refractivity (Wildman–Crippen MR) is 47.3 cm³/mol. The first-order valence-electron chi connectivity index (χ1n) is 3.88. The normalized spacial score (nSPS) is 9.83. The molecule has 0 fully saturated rings. The SMILES string of the molecule is Cc1cc(CC=O)c(C)cc1O. The van der Waals surface area contributed by atoms with Crippen LogP contribution in [-0.4, -0.2) is 11.4 Å². The maximum Gasteiger partial charge on any atom is 0.124 e. The molecule has 1 aromatic carbocycles. The van der Waals surface area contributed by atoms with Gasteiger partial charge in [0, 0.05) is 6.42 Å². The highest BCUT2D eigenvalue weighted by Crippen LogP contribution is 2.20. The maximum atomic E-state index is 10.3. The van der Waals surface area contributed by atoms with Crippen LogP contribution in [0.1, 0.15) is 16.7 Å². The van der Waals surface area contributed by atoms with E-state index in [1.165, 1.54) is 0 Å². The highest BCUT2D eigenvalue weighted by Gasteiger charge is 2.01. The lowest BCUT2D eigenvalue weighted by Gasteiger charge is -2.05. The summed E-state index contributed by atoms with van der Waals surface area (Å²) >= 11 is 0. The van der Waals surface area contributed by atoms with E-state index in [0.29, 0.717) is 12.2 Å². The summed E-state index contributed by atoms with van der Waals surface area (Å²) in [5.74, 6) is 0.294.